The highest BCUT2D eigenvalue weighted by atomic mass is 79.9. The van der Waals surface area contributed by atoms with Crippen molar-refractivity contribution >= 4 is 39.3 Å². The van der Waals surface area contributed by atoms with Crippen LogP contribution in [0.15, 0.2) is 16.7 Å². The summed E-state index contributed by atoms with van der Waals surface area (Å²) in [5, 5.41) is 3.38. The minimum Gasteiger partial charge on any atom is -0.310 e. The lowest BCUT2D eigenvalue weighted by molar-refractivity contribution is -0.120. The Morgan fingerprint density at radius 3 is 2.76 bits per heavy atom. The molecule has 1 aromatic heterocycles. The molecule has 1 aliphatic carbocycles. The van der Waals surface area contributed by atoms with E-state index in [0.717, 1.165) is 30.2 Å². The molecule has 0 aliphatic heterocycles. The third kappa shape index (κ3) is 3.42. The molecular weight excluding hydrogens is 304 g/mol. The zero-order chi connectivity index (χ0) is 12.3. The summed E-state index contributed by atoms with van der Waals surface area (Å²) in [4.78, 5) is 16.0. The van der Waals surface area contributed by atoms with E-state index in [1.165, 1.54) is 12.6 Å². The van der Waals surface area contributed by atoms with Gasteiger partial charge in [-0.3, -0.25) is 4.79 Å². The first kappa shape index (κ1) is 12.8. The molecule has 0 spiro atoms. The Bertz CT molecular complexity index is 419. The quantitative estimate of drug-likeness (QED) is 0.895. The number of nitrogens with one attached hydrogen (secondary N) is 1. The normalized spacial score (nSPS) is 16.8. The van der Waals surface area contributed by atoms with E-state index in [9.17, 15) is 4.79 Å². The highest BCUT2D eigenvalue weighted by Gasteiger charge is 2.21. The van der Waals surface area contributed by atoms with Gasteiger partial charge in [-0.25, -0.2) is 4.98 Å². The Morgan fingerprint density at radius 2 is 2.12 bits per heavy atom. The molecule has 0 bridgehead atoms. The Hall–Kier alpha value is -0.610. The van der Waals surface area contributed by atoms with Crippen molar-refractivity contribution in [3.8, 4) is 0 Å². The first-order valence-corrected chi connectivity index (χ1v) is 6.96. The minimum absolute atomic E-state index is 0.0754. The van der Waals surface area contributed by atoms with Gasteiger partial charge < -0.3 is 5.32 Å². The summed E-state index contributed by atoms with van der Waals surface area (Å²) in [5.41, 5.74) is 0. The van der Waals surface area contributed by atoms with Crippen LogP contribution in [0.2, 0.25) is 5.02 Å². The number of carbonyl (C=O) groups excluding carboxylic acids is 1. The minimum atomic E-state index is 0.0754. The SMILES string of the molecule is O=C(Nc1cc(Br)c(Cl)cn1)C1CCCCC1. The summed E-state index contributed by atoms with van der Waals surface area (Å²) in [6.45, 7) is 0. The molecule has 92 valence electrons. The van der Waals surface area contributed by atoms with E-state index in [1.54, 1.807) is 6.07 Å². The second kappa shape index (κ2) is 5.83. The van der Waals surface area contributed by atoms with E-state index >= 15 is 0 Å². The lowest BCUT2D eigenvalue weighted by Gasteiger charge is -2.20. The van der Waals surface area contributed by atoms with Crippen molar-refractivity contribution in [3.05, 3.63) is 21.8 Å². The molecule has 17 heavy (non-hydrogen) atoms. The average Bonchev–Trinajstić information content (AvgIpc) is 2.35. The predicted molar refractivity (Wildman–Crippen MR) is 72.2 cm³/mol. The third-order valence-electron chi connectivity index (χ3n) is 3.04. The maximum absolute atomic E-state index is 12.0. The molecule has 0 atom stereocenters. The van der Waals surface area contributed by atoms with Crippen LogP contribution in [0.3, 0.4) is 0 Å². The Balaban J connectivity index is 1.99. The molecule has 0 unspecified atom stereocenters. The number of hydrogen-bond acceptors (Lipinski definition) is 2. The number of carbonyl (C=O) groups is 1. The molecule has 1 heterocycles. The van der Waals surface area contributed by atoms with Crippen LogP contribution in [0, 0.1) is 5.92 Å². The number of anilines is 1. The zero-order valence-electron chi connectivity index (χ0n) is 9.38. The van der Waals surface area contributed by atoms with Crippen LogP contribution in [0.5, 0.6) is 0 Å². The fourth-order valence-electron chi connectivity index (χ4n) is 2.08. The monoisotopic (exact) mass is 316 g/mol. The predicted octanol–water partition coefficient (Wildman–Crippen LogP) is 4.02. The van der Waals surface area contributed by atoms with E-state index in [2.05, 4.69) is 26.2 Å². The van der Waals surface area contributed by atoms with Gasteiger partial charge in [0.1, 0.15) is 5.82 Å². The second-order valence-corrected chi connectivity index (χ2v) is 5.57. The molecule has 1 amide bonds. The maximum Gasteiger partial charge on any atom is 0.228 e. The van der Waals surface area contributed by atoms with E-state index in [1.807, 2.05) is 0 Å². The van der Waals surface area contributed by atoms with E-state index in [0.29, 0.717) is 10.8 Å². The molecule has 1 N–H and O–H groups in total. The fourth-order valence-corrected chi connectivity index (χ4v) is 2.50. The van der Waals surface area contributed by atoms with Crippen molar-refractivity contribution in [2.45, 2.75) is 32.1 Å². The van der Waals surface area contributed by atoms with E-state index in [-0.39, 0.29) is 11.8 Å². The third-order valence-corrected chi connectivity index (χ3v) is 4.22. The largest absolute Gasteiger partial charge is 0.310 e. The zero-order valence-corrected chi connectivity index (χ0v) is 11.7. The van der Waals surface area contributed by atoms with Crippen LogP contribution in [-0.4, -0.2) is 10.9 Å². The number of halogens is 2. The smallest absolute Gasteiger partial charge is 0.228 e. The summed E-state index contributed by atoms with van der Waals surface area (Å²) < 4.78 is 0.744. The lowest BCUT2D eigenvalue weighted by Crippen LogP contribution is -2.25. The van der Waals surface area contributed by atoms with Crippen molar-refractivity contribution in [1.29, 1.82) is 0 Å². The number of hydrogen-bond donors (Lipinski definition) is 1. The number of aromatic nitrogens is 1. The number of amides is 1. The van der Waals surface area contributed by atoms with Gasteiger partial charge in [-0.05, 0) is 34.8 Å². The van der Waals surface area contributed by atoms with Crippen molar-refractivity contribution in [2.24, 2.45) is 5.92 Å². The summed E-state index contributed by atoms with van der Waals surface area (Å²) in [5.74, 6) is 0.767. The molecule has 3 nitrogen and oxygen atoms in total. The van der Waals surface area contributed by atoms with Gasteiger partial charge in [0.05, 0.1) is 5.02 Å². The topological polar surface area (TPSA) is 42.0 Å². The van der Waals surface area contributed by atoms with Crippen molar-refractivity contribution in [1.82, 2.24) is 4.98 Å². The number of nitrogens with zero attached hydrogens (tertiary/aromatic N) is 1. The Morgan fingerprint density at radius 1 is 1.41 bits per heavy atom. The van der Waals surface area contributed by atoms with E-state index < -0.39 is 0 Å². The van der Waals surface area contributed by atoms with E-state index in [4.69, 9.17) is 11.6 Å². The van der Waals surface area contributed by atoms with Crippen LogP contribution in [0.25, 0.3) is 0 Å². The standard InChI is InChI=1S/C12H14BrClN2O/c13-9-6-11(15-7-10(9)14)16-12(17)8-4-2-1-3-5-8/h6-8H,1-5H2,(H,15,16,17). The van der Waals surface area contributed by atoms with Gasteiger partial charge in [-0.2, -0.15) is 0 Å². The summed E-state index contributed by atoms with van der Waals surface area (Å²) in [6, 6.07) is 1.73. The van der Waals surface area contributed by atoms with Gasteiger partial charge in [0.15, 0.2) is 0 Å². The molecule has 2 rings (SSSR count). The van der Waals surface area contributed by atoms with Crippen molar-refractivity contribution in [2.75, 3.05) is 5.32 Å². The highest BCUT2D eigenvalue weighted by molar-refractivity contribution is 9.10. The molecule has 0 saturated heterocycles. The lowest BCUT2D eigenvalue weighted by atomic mass is 9.89. The summed E-state index contributed by atoms with van der Waals surface area (Å²) in [7, 11) is 0. The molecule has 1 aliphatic rings. The van der Waals surface area contributed by atoms with Gasteiger partial charge in [0.2, 0.25) is 5.91 Å². The number of rotatable bonds is 2. The van der Waals surface area contributed by atoms with Crippen LogP contribution >= 0.6 is 27.5 Å². The summed E-state index contributed by atoms with van der Waals surface area (Å²) >= 11 is 9.15. The van der Waals surface area contributed by atoms with Crippen LogP contribution < -0.4 is 5.32 Å². The van der Waals surface area contributed by atoms with Crippen LogP contribution in [0.1, 0.15) is 32.1 Å². The van der Waals surface area contributed by atoms with Crippen molar-refractivity contribution < 1.29 is 4.79 Å². The second-order valence-electron chi connectivity index (χ2n) is 4.31. The maximum atomic E-state index is 12.0. The van der Waals surface area contributed by atoms with Gasteiger partial charge >= 0.3 is 0 Å². The molecule has 1 fully saturated rings. The van der Waals surface area contributed by atoms with Gasteiger partial charge in [-0.1, -0.05) is 30.9 Å². The molecule has 0 aromatic carbocycles. The average molecular weight is 318 g/mol. The van der Waals surface area contributed by atoms with Crippen molar-refractivity contribution in [3.63, 3.8) is 0 Å². The number of pyridine rings is 1. The fraction of sp³-hybridized carbons (Fsp3) is 0.500. The first-order chi connectivity index (χ1) is 8.16. The molecule has 5 heteroatoms. The highest BCUT2D eigenvalue weighted by Crippen LogP contribution is 2.26. The molecule has 1 saturated carbocycles. The van der Waals surface area contributed by atoms with Gasteiger partial charge in [-0.15, -0.1) is 0 Å². The van der Waals surface area contributed by atoms with Gasteiger partial charge in [0, 0.05) is 16.6 Å². The summed E-state index contributed by atoms with van der Waals surface area (Å²) in [6.07, 6.45) is 7.05. The Kier molecular flexibility index (Phi) is 4.40. The molecule has 1 aromatic rings. The van der Waals surface area contributed by atoms with Crippen LogP contribution in [-0.2, 0) is 4.79 Å². The van der Waals surface area contributed by atoms with Gasteiger partial charge in [0.25, 0.3) is 0 Å². The van der Waals surface area contributed by atoms with Crippen LogP contribution in [0.4, 0.5) is 5.82 Å². The Labute approximate surface area is 114 Å². The molecule has 0 radical (unpaired) electrons. The molecular formula is C12H14BrClN2O. The first-order valence-electron chi connectivity index (χ1n) is 5.79.